The molecule has 0 aliphatic carbocycles. The molecule has 1 aromatic rings. The summed E-state index contributed by atoms with van der Waals surface area (Å²) in [5.74, 6) is 0.362. The Labute approximate surface area is 100 Å². The lowest BCUT2D eigenvalue weighted by molar-refractivity contribution is -0.134. The molecule has 0 bridgehead atoms. The Hall–Kier alpha value is -1.19. The van der Waals surface area contributed by atoms with Gasteiger partial charge >= 0.3 is 6.18 Å². The Bertz CT molecular complexity index is 345. The first-order valence-corrected chi connectivity index (χ1v) is 5.79. The third-order valence-corrected chi connectivity index (χ3v) is 2.54. The summed E-state index contributed by atoms with van der Waals surface area (Å²) in [6, 6.07) is 7.73. The molecule has 0 atom stereocenters. The summed E-state index contributed by atoms with van der Waals surface area (Å²) >= 11 is 0. The average Bonchev–Trinajstić information content (AvgIpc) is 2.23. The van der Waals surface area contributed by atoms with Gasteiger partial charge in [-0.25, -0.2) is 0 Å². The van der Waals surface area contributed by atoms with Gasteiger partial charge in [0, 0.05) is 18.7 Å². The maximum atomic E-state index is 12.0. The summed E-state index contributed by atoms with van der Waals surface area (Å²) in [5.41, 5.74) is 2.07. The first-order valence-electron chi connectivity index (χ1n) is 5.79. The molecule has 17 heavy (non-hydrogen) atoms. The van der Waals surface area contributed by atoms with Crippen molar-refractivity contribution in [3.05, 3.63) is 29.8 Å². The van der Waals surface area contributed by atoms with Gasteiger partial charge in [-0.1, -0.05) is 32.0 Å². The number of hydrogen-bond acceptors (Lipinski definition) is 1. The Morgan fingerprint density at radius 3 is 2.41 bits per heavy atom. The first-order chi connectivity index (χ1) is 7.90. The minimum Gasteiger partial charge on any atom is -0.385 e. The fraction of sp³-hybridized carbons (Fsp3) is 0.538. The van der Waals surface area contributed by atoms with Gasteiger partial charge in [0.25, 0.3) is 0 Å². The van der Waals surface area contributed by atoms with E-state index in [9.17, 15) is 13.2 Å². The van der Waals surface area contributed by atoms with Crippen molar-refractivity contribution < 1.29 is 13.2 Å². The number of anilines is 1. The summed E-state index contributed by atoms with van der Waals surface area (Å²) in [4.78, 5) is 0. The summed E-state index contributed by atoms with van der Waals surface area (Å²) in [6.45, 7) is 4.48. The number of halogens is 3. The monoisotopic (exact) mass is 245 g/mol. The second-order valence-corrected chi connectivity index (χ2v) is 4.39. The van der Waals surface area contributed by atoms with Crippen molar-refractivity contribution in [2.45, 2.75) is 38.8 Å². The zero-order chi connectivity index (χ0) is 12.9. The van der Waals surface area contributed by atoms with Crippen LogP contribution in [0.2, 0.25) is 0 Å². The summed E-state index contributed by atoms with van der Waals surface area (Å²) in [6.07, 6.45) is -4.68. The highest BCUT2D eigenvalue weighted by Crippen LogP contribution is 2.24. The van der Waals surface area contributed by atoms with Crippen molar-refractivity contribution in [1.82, 2.24) is 0 Å². The first kappa shape index (κ1) is 13.9. The molecule has 0 saturated heterocycles. The maximum absolute atomic E-state index is 12.0. The molecule has 1 nitrogen and oxygen atoms in total. The predicted octanol–water partition coefficient (Wildman–Crippen LogP) is 4.56. The van der Waals surface area contributed by atoms with Crippen LogP contribution >= 0.6 is 0 Å². The topological polar surface area (TPSA) is 12.0 Å². The highest BCUT2D eigenvalue weighted by atomic mass is 19.4. The van der Waals surface area contributed by atoms with Crippen molar-refractivity contribution >= 4 is 5.69 Å². The van der Waals surface area contributed by atoms with Gasteiger partial charge in [-0.2, -0.15) is 13.2 Å². The van der Waals surface area contributed by atoms with Crippen molar-refractivity contribution in [2.75, 3.05) is 11.9 Å². The van der Waals surface area contributed by atoms with E-state index in [0.717, 1.165) is 11.3 Å². The standard InChI is InChI=1S/C13H18F3N/c1-10(2)11-6-3-4-7-12(11)17-9-5-8-13(14,15)16/h3-4,6-7,10,17H,5,8-9H2,1-2H3. The van der Waals surface area contributed by atoms with Crippen LogP contribution in [0.4, 0.5) is 18.9 Å². The lowest BCUT2D eigenvalue weighted by Crippen LogP contribution is -2.11. The largest absolute Gasteiger partial charge is 0.389 e. The van der Waals surface area contributed by atoms with E-state index >= 15 is 0 Å². The number of benzene rings is 1. The molecular weight excluding hydrogens is 227 g/mol. The van der Waals surface area contributed by atoms with Crippen LogP contribution in [0.5, 0.6) is 0 Å². The van der Waals surface area contributed by atoms with Crippen LogP contribution in [0.1, 0.15) is 38.2 Å². The molecule has 0 heterocycles. The van der Waals surface area contributed by atoms with Gasteiger partial charge in [-0.15, -0.1) is 0 Å². The van der Waals surface area contributed by atoms with Crippen LogP contribution in [0.25, 0.3) is 0 Å². The van der Waals surface area contributed by atoms with Crippen LogP contribution < -0.4 is 5.32 Å². The number of hydrogen-bond donors (Lipinski definition) is 1. The molecule has 0 saturated carbocycles. The predicted molar refractivity (Wildman–Crippen MR) is 64.3 cm³/mol. The molecule has 96 valence electrons. The Morgan fingerprint density at radius 2 is 1.82 bits per heavy atom. The molecule has 0 fully saturated rings. The zero-order valence-electron chi connectivity index (χ0n) is 10.1. The molecule has 4 heteroatoms. The van der Waals surface area contributed by atoms with E-state index in [1.165, 1.54) is 0 Å². The van der Waals surface area contributed by atoms with Gasteiger partial charge in [0.15, 0.2) is 0 Å². The molecule has 1 rings (SSSR count). The summed E-state index contributed by atoms with van der Waals surface area (Å²) in [7, 11) is 0. The smallest absolute Gasteiger partial charge is 0.385 e. The molecule has 0 spiro atoms. The molecule has 0 aromatic heterocycles. The molecule has 0 radical (unpaired) electrons. The Balaban J connectivity index is 2.47. The summed E-state index contributed by atoms with van der Waals surface area (Å²) in [5, 5.41) is 3.07. The van der Waals surface area contributed by atoms with E-state index in [1.54, 1.807) is 0 Å². The van der Waals surface area contributed by atoms with E-state index in [-0.39, 0.29) is 6.42 Å². The van der Waals surface area contributed by atoms with Gasteiger partial charge in [0.05, 0.1) is 0 Å². The van der Waals surface area contributed by atoms with Crippen LogP contribution in [-0.2, 0) is 0 Å². The van der Waals surface area contributed by atoms with Crippen molar-refractivity contribution in [3.8, 4) is 0 Å². The lowest BCUT2D eigenvalue weighted by atomic mass is 10.0. The minimum absolute atomic E-state index is 0.107. The highest BCUT2D eigenvalue weighted by molar-refractivity contribution is 5.52. The number of para-hydroxylation sites is 1. The van der Waals surface area contributed by atoms with Crippen molar-refractivity contribution in [1.29, 1.82) is 0 Å². The number of rotatable bonds is 5. The molecule has 0 aliphatic rings. The van der Waals surface area contributed by atoms with Gasteiger partial charge in [-0.05, 0) is 24.0 Å². The Kier molecular flexibility index (Phi) is 4.85. The van der Waals surface area contributed by atoms with Crippen LogP contribution in [0.15, 0.2) is 24.3 Å². The normalized spacial score (nSPS) is 11.9. The second-order valence-electron chi connectivity index (χ2n) is 4.39. The van der Waals surface area contributed by atoms with E-state index in [2.05, 4.69) is 19.2 Å². The quantitative estimate of drug-likeness (QED) is 0.749. The van der Waals surface area contributed by atoms with Crippen molar-refractivity contribution in [2.24, 2.45) is 0 Å². The summed E-state index contributed by atoms with van der Waals surface area (Å²) < 4.78 is 35.9. The fourth-order valence-corrected chi connectivity index (χ4v) is 1.67. The van der Waals surface area contributed by atoms with Crippen LogP contribution in [-0.4, -0.2) is 12.7 Å². The van der Waals surface area contributed by atoms with E-state index < -0.39 is 12.6 Å². The van der Waals surface area contributed by atoms with Crippen LogP contribution in [0.3, 0.4) is 0 Å². The number of alkyl halides is 3. The second kappa shape index (κ2) is 5.94. The highest BCUT2D eigenvalue weighted by Gasteiger charge is 2.25. The minimum atomic E-state index is -4.06. The molecule has 0 unspecified atom stereocenters. The van der Waals surface area contributed by atoms with E-state index in [0.29, 0.717) is 12.5 Å². The van der Waals surface area contributed by atoms with Crippen molar-refractivity contribution in [3.63, 3.8) is 0 Å². The Morgan fingerprint density at radius 1 is 1.18 bits per heavy atom. The average molecular weight is 245 g/mol. The zero-order valence-corrected chi connectivity index (χ0v) is 10.1. The third-order valence-electron chi connectivity index (χ3n) is 2.54. The molecule has 0 aliphatic heterocycles. The maximum Gasteiger partial charge on any atom is 0.389 e. The molecule has 1 N–H and O–H groups in total. The lowest BCUT2D eigenvalue weighted by Gasteiger charge is -2.14. The molecule has 1 aromatic carbocycles. The van der Waals surface area contributed by atoms with Gasteiger partial charge < -0.3 is 5.32 Å². The van der Waals surface area contributed by atoms with E-state index in [1.807, 2.05) is 24.3 Å². The molecule has 0 amide bonds. The van der Waals surface area contributed by atoms with E-state index in [4.69, 9.17) is 0 Å². The SMILES string of the molecule is CC(C)c1ccccc1NCCCC(F)(F)F. The molecular formula is C13H18F3N. The van der Waals surface area contributed by atoms with Gasteiger partial charge in [0.1, 0.15) is 0 Å². The number of nitrogens with one attached hydrogen (secondary N) is 1. The van der Waals surface area contributed by atoms with Gasteiger partial charge in [-0.3, -0.25) is 0 Å². The third kappa shape index (κ3) is 5.11. The van der Waals surface area contributed by atoms with Gasteiger partial charge in [0.2, 0.25) is 0 Å². The fourth-order valence-electron chi connectivity index (χ4n) is 1.67. The van der Waals surface area contributed by atoms with Crippen LogP contribution in [0, 0.1) is 0 Å².